The number of aromatic amines is 1. The first-order valence-corrected chi connectivity index (χ1v) is 8.21. The molecule has 1 N–H and O–H groups in total. The molecule has 126 valence electrons. The van der Waals surface area contributed by atoms with Gasteiger partial charge in [-0.05, 0) is 50.1 Å². The molecule has 0 spiro atoms. The number of benzene rings is 1. The minimum Gasteiger partial charge on any atom is -0.357 e. The van der Waals surface area contributed by atoms with Crippen LogP contribution in [0.15, 0.2) is 35.4 Å². The predicted molar refractivity (Wildman–Crippen MR) is 97.3 cm³/mol. The highest BCUT2D eigenvalue weighted by Gasteiger charge is 2.08. The fourth-order valence-corrected chi connectivity index (χ4v) is 3.14. The van der Waals surface area contributed by atoms with Crippen LogP contribution in [0.25, 0.3) is 10.9 Å². The number of H-pyrrole nitrogens is 1. The monoisotopic (exact) mass is 324 g/mol. The summed E-state index contributed by atoms with van der Waals surface area (Å²) in [5.74, 6) is 0. The van der Waals surface area contributed by atoms with Crippen molar-refractivity contribution in [2.45, 2.75) is 26.8 Å². The van der Waals surface area contributed by atoms with Crippen molar-refractivity contribution in [3.63, 3.8) is 0 Å². The summed E-state index contributed by atoms with van der Waals surface area (Å²) >= 11 is 0. The van der Waals surface area contributed by atoms with Crippen LogP contribution in [0, 0.1) is 13.8 Å². The first kappa shape index (κ1) is 16.5. The maximum atomic E-state index is 12.4. The van der Waals surface area contributed by atoms with Crippen LogP contribution >= 0.6 is 0 Å². The Morgan fingerprint density at radius 2 is 2.04 bits per heavy atom. The van der Waals surface area contributed by atoms with Gasteiger partial charge in [-0.1, -0.05) is 6.07 Å². The van der Waals surface area contributed by atoms with Crippen molar-refractivity contribution < 1.29 is 0 Å². The van der Waals surface area contributed by atoms with Gasteiger partial charge in [0.2, 0.25) is 0 Å². The average Bonchev–Trinajstić information content (AvgIpc) is 2.92. The van der Waals surface area contributed by atoms with Crippen LogP contribution in [0.5, 0.6) is 0 Å². The number of aryl methyl sites for hydroxylation is 3. The maximum Gasteiger partial charge on any atom is 0.189 e. The Morgan fingerprint density at radius 1 is 1.25 bits per heavy atom. The Morgan fingerprint density at radius 3 is 2.75 bits per heavy atom. The van der Waals surface area contributed by atoms with Crippen LogP contribution in [-0.2, 0) is 20.0 Å². The zero-order chi connectivity index (χ0) is 17.3. The molecule has 5 nitrogen and oxygen atoms in total. The smallest absolute Gasteiger partial charge is 0.189 e. The second-order valence-electron chi connectivity index (χ2n) is 6.67. The van der Waals surface area contributed by atoms with Crippen LogP contribution in [0.4, 0.5) is 0 Å². The highest BCUT2D eigenvalue weighted by Crippen LogP contribution is 2.16. The van der Waals surface area contributed by atoms with E-state index in [1.807, 2.05) is 44.0 Å². The van der Waals surface area contributed by atoms with E-state index in [4.69, 9.17) is 0 Å². The normalized spacial score (nSPS) is 11.5. The summed E-state index contributed by atoms with van der Waals surface area (Å²) < 4.78 is 1.82. The van der Waals surface area contributed by atoms with E-state index in [0.717, 1.165) is 47.2 Å². The van der Waals surface area contributed by atoms with Crippen LogP contribution in [0.3, 0.4) is 0 Å². The molecule has 2 heterocycles. The SMILES string of the molecule is Cc1cc(C)c2[nH]c(CN(C)CCc3cnn(C)c3)cc(=O)c2c1. The van der Waals surface area contributed by atoms with Crippen LogP contribution in [0.2, 0.25) is 0 Å². The predicted octanol–water partition coefficient (Wildman–Crippen LogP) is 2.55. The highest BCUT2D eigenvalue weighted by atomic mass is 16.1. The molecule has 0 aliphatic carbocycles. The fraction of sp³-hybridized carbons (Fsp3) is 0.368. The van der Waals surface area contributed by atoms with E-state index >= 15 is 0 Å². The van der Waals surface area contributed by atoms with Crippen LogP contribution in [0.1, 0.15) is 22.4 Å². The number of likely N-dealkylation sites (N-methyl/N-ethyl adjacent to an activating group) is 1. The van der Waals surface area contributed by atoms with Gasteiger partial charge in [0.25, 0.3) is 0 Å². The molecule has 0 saturated heterocycles. The largest absolute Gasteiger partial charge is 0.357 e. The lowest BCUT2D eigenvalue weighted by atomic mass is 10.1. The molecule has 3 rings (SSSR count). The summed E-state index contributed by atoms with van der Waals surface area (Å²) in [7, 11) is 4.00. The standard InChI is InChI=1S/C19H24N4O/c1-13-7-14(2)19-17(8-13)18(24)9-16(21-19)12-22(3)6-5-15-10-20-23(4)11-15/h7-11H,5-6,12H2,1-4H3,(H,21,24). The second-order valence-corrected chi connectivity index (χ2v) is 6.67. The Labute approximate surface area is 141 Å². The van der Waals surface area contributed by atoms with Crippen molar-refractivity contribution in [2.24, 2.45) is 7.05 Å². The lowest BCUT2D eigenvalue weighted by Crippen LogP contribution is -2.22. The lowest BCUT2D eigenvalue weighted by molar-refractivity contribution is 0.327. The molecule has 3 aromatic rings. The van der Waals surface area contributed by atoms with E-state index < -0.39 is 0 Å². The summed E-state index contributed by atoms with van der Waals surface area (Å²) in [6, 6.07) is 5.78. The van der Waals surface area contributed by atoms with Crippen molar-refractivity contribution in [1.29, 1.82) is 0 Å². The van der Waals surface area contributed by atoms with E-state index in [1.165, 1.54) is 5.56 Å². The summed E-state index contributed by atoms with van der Waals surface area (Å²) in [4.78, 5) is 18.1. The van der Waals surface area contributed by atoms with E-state index in [-0.39, 0.29) is 5.43 Å². The maximum absolute atomic E-state index is 12.4. The van der Waals surface area contributed by atoms with Crippen LogP contribution < -0.4 is 5.43 Å². The molecule has 0 unspecified atom stereocenters. The summed E-state index contributed by atoms with van der Waals surface area (Å²) in [5.41, 5.74) is 5.44. The van der Waals surface area contributed by atoms with E-state index in [1.54, 1.807) is 6.07 Å². The average molecular weight is 324 g/mol. The number of nitrogens with zero attached hydrogens (tertiary/aromatic N) is 3. The summed E-state index contributed by atoms with van der Waals surface area (Å²) in [6.45, 7) is 5.70. The zero-order valence-electron chi connectivity index (χ0n) is 14.8. The molecule has 0 atom stereocenters. The van der Waals surface area contributed by atoms with Gasteiger partial charge < -0.3 is 9.88 Å². The van der Waals surface area contributed by atoms with Gasteiger partial charge in [-0.15, -0.1) is 0 Å². The molecular formula is C19H24N4O. The zero-order valence-corrected chi connectivity index (χ0v) is 14.8. The van der Waals surface area contributed by atoms with Gasteiger partial charge in [0.05, 0.1) is 11.7 Å². The third kappa shape index (κ3) is 3.57. The van der Waals surface area contributed by atoms with Gasteiger partial charge in [-0.3, -0.25) is 9.48 Å². The molecule has 0 fully saturated rings. The third-order valence-electron chi connectivity index (χ3n) is 4.32. The summed E-state index contributed by atoms with van der Waals surface area (Å²) in [6.07, 6.45) is 4.88. The van der Waals surface area contributed by atoms with Gasteiger partial charge >= 0.3 is 0 Å². The Hall–Kier alpha value is -2.40. The van der Waals surface area contributed by atoms with Crippen molar-refractivity contribution >= 4 is 10.9 Å². The number of aromatic nitrogens is 3. The Balaban J connectivity index is 1.76. The fourth-order valence-electron chi connectivity index (χ4n) is 3.14. The minimum absolute atomic E-state index is 0.0891. The van der Waals surface area contributed by atoms with Gasteiger partial charge in [0.1, 0.15) is 0 Å². The number of hydrogen-bond donors (Lipinski definition) is 1. The molecule has 0 aliphatic rings. The molecular weight excluding hydrogens is 300 g/mol. The third-order valence-corrected chi connectivity index (χ3v) is 4.32. The van der Waals surface area contributed by atoms with Crippen molar-refractivity contribution in [3.05, 3.63) is 63.2 Å². The number of pyridine rings is 1. The van der Waals surface area contributed by atoms with Gasteiger partial charge in [0, 0.05) is 43.5 Å². The molecule has 2 aromatic heterocycles. The highest BCUT2D eigenvalue weighted by molar-refractivity contribution is 5.82. The molecule has 0 bridgehead atoms. The van der Waals surface area contributed by atoms with Gasteiger partial charge in [-0.2, -0.15) is 5.10 Å². The van der Waals surface area contributed by atoms with E-state index in [2.05, 4.69) is 28.1 Å². The van der Waals surface area contributed by atoms with E-state index in [9.17, 15) is 4.79 Å². The molecule has 0 amide bonds. The van der Waals surface area contributed by atoms with Crippen LogP contribution in [-0.4, -0.2) is 33.3 Å². The number of fused-ring (bicyclic) bond motifs is 1. The van der Waals surface area contributed by atoms with Gasteiger partial charge in [0.15, 0.2) is 5.43 Å². The summed E-state index contributed by atoms with van der Waals surface area (Å²) in [5, 5.41) is 4.96. The lowest BCUT2D eigenvalue weighted by Gasteiger charge is -2.17. The van der Waals surface area contributed by atoms with E-state index in [0.29, 0.717) is 0 Å². The van der Waals surface area contributed by atoms with Crippen molar-refractivity contribution in [1.82, 2.24) is 19.7 Å². The Kier molecular flexibility index (Phi) is 4.53. The topological polar surface area (TPSA) is 53.9 Å². The van der Waals surface area contributed by atoms with Crippen molar-refractivity contribution in [2.75, 3.05) is 13.6 Å². The first-order chi connectivity index (χ1) is 11.4. The number of hydrogen-bond acceptors (Lipinski definition) is 3. The van der Waals surface area contributed by atoms with Gasteiger partial charge in [-0.25, -0.2) is 0 Å². The first-order valence-electron chi connectivity index (χ1n) is 8.21. The number of nitrogens with one attached hydrogen (secondary N) is 1. The molecule has 1 aromatic carbocycles. The second kappa shape index (κ2) is 6.61. The Bertz CT molecular complexity index is 923. The quantitative estimate of drug-likeness (QED) is 0.785. The minimum atomic E-state index is 0.0891. The molecule has 0 radical (unpaired) electrons. The molecule has 24 heavy (non-hydrogen) atoms. The molecule has 5 heteroatoms. The molecule has 0 saturated carbocycles. The number of rotatable bonds is 5. The molecule has 0 aliphatic heterocycles. The van der Waals surface area contributed by atoms with Crippen molar-refractivity contribution in [3.8, 4) is 0 Å².